The molecule has 2 aromatic carbocycles. The van der Waals surface area contributed by atoms with Crippen molar-refractivity contribution in [3.63, 3.8) is 0 Å². The molecule has 9 nitrogen and oxygen atoms in total. The van der Waals surface area contributed by atoms with Gasteiger partial charge in [-0.1, -0.05) is 18.2 Å². The molecule has 0 bridgehead atoms. The van der Waals surface area contributed by atoms with E-state index in [2.05, 4.69) is 26.1 Å². The fourth-order valence-electron chi connectivity index (χ4n) is 4.21. The van der Waals surface area contributed by atoms with Crippen LogP contribution in [0.5, 0.6) is 0 Å². The molecule has 0 spiro atoms. The van der Waals surface area contributed by atoms with Crippen LogP contribution in [0, 0.1) is 6.92 Å². The Labute approximate surface area is 223 Å². The summed E-state index contributed by atoms with van der Waals surface area (Å²) in [4.78, 5) is 22.0. The van der Waals surface area contributed by atoms with E-state index in [0.717, 1.165) is 27.2 Å². The summed E-state index contributed by atoms with van der Waals surface area (Å²) in [6, 6.07) is 20.3. The number of nitrogens with zero attached hydrogens (tertiary/aromatic N) is 4. The van der Waals surface area contributed by atoms with Gasteiger partial charge >= 0.3 is 0 Å². The predicted octanol–water partition coefficient (Wildman–Crippen LogP) is 4.94. The van der Waals surface area contributed by atoms with E-state index in [9.17, 15) is 13.2 Å². The van der Waals surface area contributed by atoms with Gasteiger partial charge in [-0.05, 0) is 68.3 Å². The van der Waals surface area contributed by atoms with Gasteiger partial charge in [-0.25, -0.2) is 23.1 Å². The van der Waals surface area contributed by atoms with E-state index < -0.39 is 10.0 Å². The third-order valence-corrected chi connectivity index (χ3v) is 8.85. The van der Waals surface area contributed by atoms with Crippen LogP contribution in [0.4, 0.5) is 11.4 Å². The van der Waals surface area contributed by atoms with Gasteiger partial charge in [-0.3, -0.25) is 9.52 Å². The number of aromatic nitrogens is 4. The molecule has 0 unspecified atom stereocenters. The van der Waals surface area contributed by atoms with Gasteiger partial charge in [0.1, 0.15) is 0 Å². The third kappa shape index (κ3) is 5.15. The molecule has 1 aliphatic rings. The minimum absolute atomic E-state index is 0.0344. The minimum atomic E-state index is -3.39. The number of thiazole rings is 1. The predicted molar refractivity (Wildman–Crippen MR) is 149 cm³/mol. The second-order valence-corrected chi connectivity index (χ2v) is 12.1. The van der Waals surface area contributed by atoms with Crippen molar-refractivity contribution in [2.45, 2.75) is 31.4 Å². The van der Waals surface area contributed by atoms with Crippen LogP contribution in [-0.2, 0) is 21.2 Å². The summed E-state index contributed by atoms with van der Waals surface area (Å²) >= 11 is 1.56. The van der Waals surface area contributed by atoms with Gasteiger partial charge in [-0.2, -0.15) is 5.10 Å². The molecule has 3 aromatic heterocycles. The van der Waals surface area contributed by atoms with Crippen molar-refractivity contribution in [1.29, 1.82) is 0 Å². The van der Waals surface area contributed by atoms with Gasteiger partial charge in [0, 0.05) is 16.9 Å². The molecule has 192 valence electrons. The number of pyridine rings is 1. The second kappa shape index (κ2) is 9.66. The molecule has 0 atom stereocenters. The molecular formula is C27H24N6O3S2. The van der Waals surface area contributed by atoms with E-state index in [-0.39, 0.29) is 17.6 Å². The highest BCUT2D eigenvalue weighted by Crippen LogP contribution is 2.31. The average molecular weight is 545 g/mol. The number of rotatable bonds is 8. The first-order valence-electron chi connectivity index (χ1n) is 12.1. The highest BCUT2D eigenvalue weighted by Gasteiger charge is 2.35. The topological polar surface area (TPSA) is 119 Å². The highest BCUT2D eigenvalue weighted by molar-refractivity contribution is 7.93. The Morgan fingerprint density at radius 1 is 1.05 bits per heavy atom. The Balaban J connectivity index is 1.26. The van der Waals surface area contributed by atoms with Crippen LogP contribution in [0.25, 0.3) is 27.3 Å². The zero-order valence-corrected chi connectivity index (χ0v) is 22.1. The largest absolute Gasteiger partial charge is 0.326 e. The second-order valence-electron chi connectivity index (χ2n) is 9.26. The Hall–Kier alpha value is -4.09. The van der Waals surface area contributed by atoms with Crippen LogP contribution in [0.2, 0.25) is 0 Å². The van der Waals surface area contributed by atoms with E-state index in [4.69, 9.17) is 5.10 Å². The molecule has 0 saturated heterocycles. The Kier molecular flexibility index (Phi) is 6.16. The van der Waals surface area contributed by atoms with E-state index in [1.54, 1.807) is 40.3 Å². The standard InChI is InChI=1S/C27H24N6O3S2/c1-17-4-2-7-26(29-17)33-24(18-8-11-23-25(12-18)37-16-28-23)14-21(31-33)15-27(34)30-19-5-3-6-20(13-19)32-38(35,36)22-9-10-22/h2-8,11-14,16,22,32H,9-10,15H2,1H3,(H,30,34). The average Bonchev–Trinajstić information content (AvgIpc) is 3.52. The lowest BCUT2D eigenvalue weighted by atomic mass is 10.1. The van der Waals surface area contributed by atoms with Gasteiger partial charge in [0.25, 0.3) is 0 Å². The Morgan fingerprint density at radius 3 is 2.68 bits per heavy atom. The van der Waals surface area contributed by atoms with Crippen LogP contribution < -0.4 is 10.0 Å². The summed E-state index contributed by atoms with van der Waals surface area (Å²) < 4.78 is 29.9. The van der Waals surface area contributed by atoms with Crippen LogP contribution in [-0.4, -0.2) is 39.3 Å². The molecule has 6 rings (SSSR count). The first-order valence-corrected chi connectivity index (χ1v) is 14.5. The summed E-state index contributed by atoms with van der Waals surface area (Å²) in [6.07, 6.45) is 1.39. The number of hydrogen-bond donors (Lipinski definition) is 2. The maximum Gasteiger partial charge on any atom is 0.235 e. The fourth-order valence-corrected chi connectivity index (χ4v) is 6.31. The Morgan fingerprint density at radius 2 is 1.87 bits per heavy atom. The number of aryl methyl sites for hydroxylation is 1. The van der Waals surface area contributed by atoms with Gasteiger partial charge in [-0.15, -0.1) is 11.3 Å². The lowest BCUT2D eigenvalue weighted by Gasteiger charge is -2.09. The molecule has 3 heterocycles. The van der Waals surface area contributed by atoms with Gasteiger partial charge in [0.05, 0.1) is 44.5 Å². The van der Waals surface area contributed by atoms with Gasteiger partial charge < -0.3 is 5.32 Å². The maximum absolute atomic E-state index is 13.0. The molecule has 1 aliphatic carbocycles. The molecule has 11 heteroatoms. The van der Waals surface area contributed by atoms with E-state index >= 15 is 0 Å². The number of sulfonamides is 1. The van der Waals surface area contributed by atoms with Crippen molar-refractivity contribution < 1.29 is 13.2 Å². The van der Waals surface area contributed by atoms with E-state index in [1.165, 1.54) is 0 Å². The summed E-state index contributed by atoms with van der Waals surface area (Å²) in [6.45, 7) is 1.92. The molecule has 5 aromatic rings. The monoisotopic (exact) mass is 544 g/mol. The van der Waals surface area contributed by atoms with Crippen molar-refractivity contribution in [2.75, 3.05) is 10.0 Å². The first kappa shape index (κ1) is 24.3. The smallest absolute Gasteiger partial charge is 0.235 e. The molecule has 2 N–H and O–H groups in total. The van der Waals surface area contributed by atoms with Crippen molar-refractivity contribution >= 4 is 48.9 Å². The lowest BCUT2D eigenvalue weighted by Crippen LogP contribution is -2.18. The number of carbonyl (C=O) groups excluding carboxylic acids is 1. The molecule has 1 fully saturated rings. The summed E-state index contributed by atoms with van der Waals surface area (Å²) in [5.41, 5.74) is 6.87. The normalized spacial score (nSPS) is 13.5. The lowest BCUT2D eigenvalue weighted by molar-refractivity contribution is -0.115. The Bertz CT molecular complexity index is 1770. The molecule has 1 amide bonds. The number of amides is 1. The van der Waals surface area contributed by atoms with Gasteiger partial charge in [0.15, 0.2) is 5.82 Å². The zero-order valence-electron chi connectivity index (χ0n) is 20.5. The highest BCUT2D eigenvalue weighted by atomic mass is 32.2. The number of benzene rings is 2. The van der Waals surface area contributed by atoms with Crippen molar-refractivity contribution in [3.8, 4) is 17.1 Å². The molecule has 38 heavy (non-hydrogen) atoms. The molecule has 1 saturated carbocycles. The molecular weight excluding hydrogens is 520 g/mol. The van der Waals surface area contributed by atoms with E-state index in [1.807, 2.05) is 48.8 Å². The number of fused-ring (bicyclic) bond motifs is 1. The number of carbonyl (C=O) groups is 1. The van der Waals surface area contributed by atoms with Crippen LogP contribution in [0.1, 0.15) is 24.2 Å². The summed E-state index contributed by atoms with van der Waals surface area (Å²) in [5, 5.41) is 7.25. The first-order chi connectivity index (χ1) is 18.3. The molecule has 0 aliphatic heterocycles. The van der Waals surface area contributed by atoms with Crippen LogP contribution >= 0.6 is 11.3 Å². The minimum Gasteiger partial charge on any atom is -0.326 e. The zero-order chi connectivity index (χ0) is 26.3. The van der Waals surface area contributed by atoms with Crippen molar-refractivity contribution in [2.24, 2.45) is 0 Å². The number of hydrogen-bond acceptors (Lipinski definition) is 7. The summed E-state index contributed by atoms with van der Waals surface area (Å²) in [5.74, 6) is 0.394. The summed E-state index contributed by atoms with van der Waals surface area (Å²) in [7, 11) is -3.39. The maximum atomic E-state index is 13.0. The molecule has 0 radical (unpaired) electrons. The van der Waals surface area contributed by atoms with Crippen LogP contribution in [0.3, 0.4) is 0 Å². The van der Waals surface area contributed by atoms with Crippen molar-refractivity contribution in [1.82, 2.24) is 19.7 Å². The third-order valence-electron chi connectivity index (χ3n) is 6.19. The van der Waals surface area contributed by atoms with Gasteiger partial charge in [0.2, 0.25) is 15.9 Å². The quantitative estimate of drug-likeness (QED) is 0.286. The fraction of sp³-hybridized carbons (Fsp3) is 0.185. The van der Waals surface area contributed by atoms with Crippen LogP contribution in [0.15, 0.2) is 72.2 Å². The number of anilines is 2. The van der Waals surface area contributed by atoms with E-state index in [0.29, 0.717) is 35.7 Å². The number of nitrogens with one attached hydrogen (secondary N) is 2. The van der Waals surface area contributed by atoms with Crippen molar-refractivity contribution in [3.05, 3.63) is 83.6 Å². The SMILES string of the molecule is Cc1cccc(-n2nc(CC(=O)Nc3cccc(NS(=O)(=O)C4CC4)c3)cc2-c2ccc3ncsc3c2)n1.